The second-order valence-corrected chi connectivity index (χ2v) is 7.63. The normalized spacial score (nSPS) is 14.1. The van der Waals surface area contributed by atoms with Gasteiger partial charge >= 0.3 is 0 Å². The summed E-state index contributed by atoms with van der Waals surface area (Å²) < 4.78 is 11.1. The first-order valence-corrected chi connectivity index (χ1v) is 10.2. The van der Waals surface area contributed by atoms with Crippen molar-refractivity contribution in [3.63, 3.8) is 0 Å². The number of aromatic nitrogens is 3. The van der Waals surface area contributed by atoms with Crippen molar-refractivity contribution in [2.45, 2.75) is 0 Å². The highest BCUT2D eigenvalue weighted by Gasteiger charge is 2.28. The summed E-state index contributed by atoms with van der Waals surface area (Å²) in [6.45, 7) is 2.02. The van der Waals surface area contributed by atoms with Gasteiger partial charge in [-0.05, 0) is 29.6 Å². The molecule has 4 aromatic heterocycles. The first-order valence-electron chi connectivity index (χ1n) is 9.31. The highest BCUT2D eigenvalue weighted by atomic mass is 32.1. The van der Waals surface area contributed by atoms with Crippen LogP contribution in [0.5, 0.6) is 0 Å². The number of hydrogen-bond acceptors (Lipinski definition) is 8. The molecular formula is C20H16N6O3S. The minimum atomic E-state index is -0.122. The fraction of sp³-hybridized carbons (Fsp3) is 0.200. The van der Waals surface area contributed by atoms with Crippen molar-refractivity contribution in [2.24, 2.45) is 0 Å². The van der Waals surface area contributed by atoms with E-state index in [1.54, 1.807) is 34.4 Å². The number of furan rings is 1. The van der Waals surface area contributed by atoms with E-state index in [2.05, 4.69) is 21.3 Å². The van der Waals surface area contributed by atoms with Crippen LogP contribution in [0.2, 0.25) is 0 Å². The molecule has 30 heavy (non-hydrogen) atoms. The molecule has 0 bridgehead atoms. The number of carbonyl (C=O) groups is 1. The smallest absolute Gasteiger partial charge is 0.274 e. The molecule has 4 aromatic rings. The summed E-state index contributed by atoms with van der Waals surface area (Å²) in [5.74, 6) is 1.01. The van der Waals surface area contributed by atoms with Gasteiger partial charge in [-0.25, -0.2) is 0 Å². The molecule has 10 heteroatoms. The van der Waals surface area contributed by atoms with Gasteiger partial charge in [0.2, 0.25) is 11.6 Å². The summed E-state index contributed by atoms with van der Waals surface area (Å²) >= 11 is 1.59. The highest BCUT2D eigenvalue weighted by Crippen LogP contribution is 2.29. The lowest BCUT2D eigenvalue weighted by Gasteiger charge is -2.34. The minimum absolute atomic E-state index is 0.122. The van der Waals surface area contributed by atoms with E-state index in [0.29, 0.717) is 43.5 Å². The van der Waals surface area contributed by atoms with Gasteiger partial charge in [-0.15, -0.1) is 11.3 Å². The molecule has 0 unspecified atom stereocenters. The number of carbonyl (C=O) groups excluding carboxylic acids is 1. The molecule has 0 radical (unpaired) electrons. The topological polar surface area (TPSA) is 115 Å². The number of rotatable bonds is 4. The molecule has 0 aromatic carbocycles. The number of nitrogens with zero attached hydrogens (tertiary/aromatic N) is 5. The lowest BCUT2D eigenvalue weighted by molar-refractivity contribution is 0.0739. The van der Waals surface area contributed by atoms with E-state index in [4.69, 9.17) is 8.83 Å². The number of aromatic amines is 1. The highest BCUT2D eigenvalue weighted by molar-refractivity contribution is 7.13. The van der Waals surface area contributed by atoms with Gasteiger partial charge < -0.3 is 18.6 Å². The number of H-pyrrole nitrogens is 1. The largest absolute Gasteiger partial charge is 0.459 e. The van der Waals surface area contributed by atoms with Crippen LogP contribution in [0.4, 0.5) is 5.88 Å². The van der Waals surface area contributed by atoms with Gasteiger partial charge in [0.15, 0.2) is 11.5 Å². The molecule has 1 aliphatic heterocycles. The Balaban J connectivity index is 1.28. The van der Waals surface area contributed by atoms with Crippen LogP contribution < -0.4 is 4.90 Å². The molecular weight excluding hydrogens is 404 g/mol. The number of hydrogen-bond donors (Lipinski definition) is 1. The fourth-order valence-electron chi connectivity index (χ4n) is 3.37. The first kappa shape index (κ1) is 18.2. The molecule has 0 atom stereocenters. The quantitative estimate of drug-likeness (QED) is 0.539. The maximum Gasteiger partial charge on any atom is 0.274 e. The van der Waals surface area contributed by atoms with Crippen molar-refractivity contribution in [3.8, 4) is 28.3 Å². The number of thiophene rings is 1. The fourth-order valence-corrected chi connectivity index (χ4v) is 4.06. The van der Waals surface area contributed by atoms with Crippen molar-refractivity contribution in [3.05, 3.63) is 53.4 Å². The third-order valence-electron chi connectivity index (χ3n) is 4.88. The van der Waals surface area contributed by atoms with Crippen molar-refractivity contribution in [1.29, 1.82) is 5.26 Å². The van der Waals surface area contributed by atoms with Crippen LogP contribution in [-0.4, -0.2) is 52.2 Å². The number of nitriles is 1. The minimum Gasteiger partial charge on any atom is -0.459 e. The summed E-state index contributed by atoms with van der Waals surface area (Å²) in [6, 6.07) is 11.2. The zero-order valence-electron chi connectivity index (χ0n) is 15.7. The summed E-state index contributed by atoms with van der Waals surface area (Å²) in [6.07, 6.45) is 1.52. The lowest BCUT2D eigenvalue weighted by Crippen LogP contribution is -2.49. The monoisotopic (exact) mass is 420 g/mol. The summed E-state index contributed by atoms with van der Waals surface area (Å²) in [5, 5.41) is 18.5. The first-order chi connectivity index (χ1) is 14.7. The Morgan fingerprint density at radius 2 is 2.10 bits per heavy atom. The standard InChI is InChI=1S/C20H16N6O3S/c21-12-15-20(29-18(22-15)16-3-1-9-28-16)26-7-5-25(6-8-26)19(27)14-11-13(23-24-14)17-4-2-10-30-17/h1-4,9-11H,5-8H2,(H,23,24). The van der Waals surface area contributed by atoms with E-state index in [0.717, 1.165) is 10.6 Å². The van der Waals surface area contributed by atoms with E-state index in [1.807, 2.05) is 22.4 Å². The molecule has 5 rings (SSSR count). The molecule has 0 spiro atoms. The molecule has 1 aliphatic rings. The van der Waals surface area contributed by atoms with Crippen molar-refractivity contribution >= 4 is 23.1 Å². The Hall–Kier alpha value is -3.84. The third kappa shape index (κ3) is 3.25. The molecule has 1 fully saturated rings. The molecule has 1 amide bonds. The lowest BCUT2D eigenvalue weighted by atomic mass is 10.2. The van der Waals surface area contributed by atoms with Gasteiger partial charge in [0, 0.05) is 26.2 Å². The average molecular weight is 420 g/mol. The van der Waals surface area contributed by atoms with Crippen LogP contribution in [0.3, 0.4) is 0 Å². The second kappa shape index (κ2) is 7.53. The average Bonchev–Trinajstić information content (AvgIpc) is 3.58. The molecule has 1 saturated heterocycles. The zero-order valence-corrected chi connectivity index (χ0v) is 16.6. The zero-order chi connectivity index (χ0) is 20.5. The van der Waals surface area contributed by atoms with Gasteiger partial charge in [0.25, 0.3) is 11.8 Å². The van der Waals surface area contributed by atoms with E-state index >= 15 is 0 Å². The Kier molecular flexibility index (Phi) is 4.57. The van der Waals surface area contributed by atoms with E-state index in [-0.39, 0.29) is 17.5 Å². The second-order valence-electron chi connectivity index (χ2n) is 6.69. The number of nitrogens with one attached hydrogen (secondary N) is 1. The Labute approximate surface area is 175 Å². The summed E-state index contributed by atoms with van der Waals surface area (Å²) in [4.78, 5) is 21.8. The van der Waals surface area contributed by atoms with E-state index in [1.165, 1.54) is 6.26 Å². The third-order valence-corrected chi connectivity index (χ3v) is 5.79. The SMILES string of the molecule is N#Cc1nc(-c2ccco2)oc1N1CCN(C(=O)c2cc(-c3cccs3)[nH]n2)CC1. The van der Waals surface area contributed by atoms with Crippen LogP contribution >= 0.6 is 11.3 Å². The van der Waals surface area contributed by atoms with Gasteiger partial charge in [0.1, 0.15) is 6.07 Å². The van der Waals surface area contributed by atoms with Crippen LogP contribution in [0.15, 0.2) is 50.8 Å². The number of amides is 1. The number of anilines is 1. The van der Waals surface area contributed by atoms with Crippen LogP contribution in [0.25, 0.3) is 22.2 Å². The van der Waals surface area contributed by atoms with Gasteiger partial charge in [0.05, 0.1) is 16.8 Å². The molecule has 1 N–H and O–H groups in total. The Morgan fingerprint density at radius 3 is 2.80 bits per heavy atom. The maximum atomic E-state index is 12.8. The van der Waals surface area contributed by atoms with Crippen LogP contribution in [0, 0.1) is 11.3 Å². The molecule has 150 valence electrons. The predicted molar refractivity (Wildman–Crippen MR) is 109 cm³/mol. The molecule has 0 saturated carbocycles. The van der Waals surface area contributed by atoms with Crippen LogP contribution in [-0.2, 0) is 0 Å². The van der Waals surface area contributed by atoms with Crippen molar-refractivity contribution in [2.75, 3.05) is 31.1 Å². The van der Waals surface area contributed by atoms with E-state index in [9.17, 15) is 10.1 Å². The van der Waals surface area contributed by atoms with E-state index < -0.39 is 0 Å². The maximum absolute atomic E-state index is 12.8. The van der Waals surface area contributed by atoms with Crippen molar-refractivity contribution < 1.29 is 13.6 Å². The predicted octanol–water partition coefficient (Wildman–Crippen LogP) is 3.22. The van der Waals surface area contributed by atoms with Gasteiger partial charge in [-0.2, -0.15) is 15.3 Å². The Bertz CT molecular complexity index is 1190. The van der Waals surface area contributed by atoms with Gasteiger partial charge in [-0.1, -0.05) is 6.07 Å². The summed E-state index contributed by atoms with van der Waals surface area (Å²) in [5.41, 5.74) is 1.43. The molecule has 9 nitrogen and oxygen atoms in total. The van der Waals surface area contributed by atoms with Crippen molar-refractivity contribution in [1.82, 2.24) is 20.1 Å². The Morgan fingerprint density at radius 1 is 1.23 bits per heavy atom. The molecule has 0 aliphatic carbocycles. The summed E-state index contributed by atoms with van der Waals surface area (Å²) in [7, 11) is 0. The van der Waals surface area contributed by atoms with Crippen LogP contribution in [0.1, 0.15) is 16.2 Å². The number of piperazine rings is 1. The molecule has 5 heterocycles. The van der Waals surface area contributed by atoms with Gasteiger partial charge in [-0.3, -0.25) is 9.89 Å². The number of oxazole rings is 1.